The fourth-order valence-electron chi connectivity index (χ4n) is 2.83. The van der Waals surface area contributed by atoms with Crippen LogP contribution < -0.4 is 9.47 Å². The number of carbonyl (C=O) groups is 1. The molecule has 4 rings (SSSR count). The molecule has 8 heteroatoms. The van der Waals surface area contributed by atoms with E-state index in [1.807, 2.05) is 24.3 Å². The Morgan fingerprint density at radius 3 is 2.28 bits per heavy atom. The van der Waals surface area contributed by atoms with Crippen LogP contribution in [-0.2, 0) is 0 Å². The van der Waals surface area contributed by atoms with Crippen molar-refractivity contribution in [2.45, 2.75) is 10.4 Å². The first-order valence-electron chi connectivity index (χ1n) is 8.84. The number of ether oxygens (including phenoxy) is 2. The second kappa shape index (κ2) is 8.32. The van der Waals surface area contributed by atoms with Crippen molar-refractivity contribution in [3.8, 4) is 11.5 Å². The van der Waals surface area contributed by atoms with E-state index < -0.39 is 5.25 Å². The van der Waals surface area contributed by atoms with Gasteiger partial charge in [0.1, 0.15) is 16.7 Å². The zero-order valence-corrected chi connectivity index (χ0v) is 16.7. The van der Waals surface area contributed by atoms with Gasteiger partial charge in [0.05, 0.1) is 14.2 Å². The van der Waals surface area contributed by atoms with Crippen molar-refractivity contribution in [2.75, 3.05) is 14.2 Å². The van der Waals surface area contributed by atoms with Crippen molar-refractivity contribution in [2.24, 2.45) is 0 Å². The summed E-state index contributed by atoms with van der Waals surface area (Å²) in [4.78, 5) is 22.0. The SMILES string of the molecule is COc1ccc(C(=O)[C@@H](Sc2nc3ncccn3n2)c2ccc(OC)cc2)cc1. The maximum atomic E-state index is 13.3. The van der Waals surface area contributed by atoms with Crippen molar-refractivity contribution in [3.63, 3.8) is 0 Å². The average Bonchev–Trinajstić information content (AvgIpc) is 3.20. The summed E-state index contributed by atoms with van der Waals surface area (Å²) >= 11 is 1.29. The zero-order chi connectivity index (χ0) is 20.2. The molecule has 0 aliphatic carbocycles. The van der Waals surface area contributed by atoms with E-state index >= 15 is 0 Å². The molecule has 1 atom stereocenters. The molecular formula is C21H18N4O3S. The third kappa shape index (κ3) is 4.07. The molecule has 146 valence electrons. The number of hydrogen-bond donors (Lipinski definition) is 0. The molecule has 0 fully saturated rings. The van der Waals surface area contributed by atoms with Crippen LogP contribution in [0.1, 0.15) is 21.2 Å². The number of benzene rings is 2. The van der Waals surface area contributed by atoms with Gasteiger partial charge in [0.2, 0.25) is 5.16 Å². The smallest absolute Gasteiger partial charge is 0.253 e. The van der Waals surface area contributed by atoms with Crippen molar-refractivity contribution in [3.05, 3.63) is 78.1 Å². The molecule has 0 unspecified atom stereocenters. The van der Waals surface area contributed by atoms with Crippen LogP contribution in [0.3, 0.4) is 0 Å². The van der Waals surface area contributed by atoms with E-state index in [0.717, 1.165) is 11.3 Å². The maximum absolute atomic E-state index is 13.3. The lowest BCUT2D eigenvalue weighted by atomic mass is 10.0. The van der Waals surface area contributed by atoms with Crippen LogP contribution in [0.5, 0.6) is 11.5 Å². The number of carbonyl (C=O) groups excluding carboxylic acids is 1. The summed E-state index contributed by atoms with van der Waals surface area (Å²) in [6.45, 7) is 0. The van der Waals surface area contributed by atoms with Gasteiger partial charge in [-0.1, -0.05) is 23.9 Å². The molecule has 0 N–H and O–H groups in total. The Hall–Kier alpha value is -3.39. The highest BCUT2D eigenvalue weighted by Gasteiger charge is 2.25. The Morgan fingerprint density at radius 2 is 1.66 bits per heavy atom. The van der Waals surface area contributed by atoms with Gasteiger partial charge in [-0.2, -0.15) is 4.98 Å². The molecule has 7 nitrogen and oxygen atoms in total. The Balaban J connectivity index is 1.69. The minimum absolute atomic E-state index is 0.0466. The number of ketones is 1. The summed E-state index contributed by atoms with van der Waals surface area (Å²) in [6, 6.07) is 16.3. The Kier molecular flexibility index (Phi) is 5.44. The minimum atomic E-state index is -0.522. The first-order chi connectivity index (χ1) is 14.2. The lowest BCUT2D eigenvalue weighted by molar-refractivity contribution is 0.0989. The summed E-state index contributed by atoms with van der Waals surface area (Å²) < 4.78 is 12.0. The van der Waals surface area contributed by atoms with Crippen LogP contribution in [0.4, 0.5) is 0 Å². The van der Waals surface area contributed by atoms with Gasteiger partial charge in [-0.25, -0.2) is 9.50 Å². The van der Waals surface area contributed by atoms with Crippen LogP contribution in [0.15, 0.2) is 72.1 Å². The standard InChI is InChI=1S/C21H18N4O3S/c1-27-16-8-4-14(5-9-16)18(26)19(15-6-10-17(28-2)11-7-15)29-21-23-20-22-12-3-13-25(20)24-21/h3-13,19H,1-2H3/t19-/m0/s1. The lowest BCUT2D eigenvalue weighted by Gasteiger charge is -2.15. The highest BCUT2D eigenvalue weighted by atomic mass is 32.2. The van der Waals surface area contributed by atoms with Crippen LogP contribution >= 0.6 is 11.8 Å². The number of fused-ring (bicyclic) bond motifs is 1. The van der Waals surface area contributed by atoms with Crippen LogP contribution in [0.2, 0.25) is 0 Å². The second-order valence-electron chi connectivity index (χ2n) is 6.12. The molecule has 0 aliphatic rings. The van der Waals surface area contributed by atoms with Gasteiger partial charge >= 0.3 is 0 Å². The Labute approximate surface area is 171 Å². The highest BCUT2D eigenvalue weighted by molar-refractivity contribution is 8.00. The number of aromatic nitrogens is 4. The summed E-state index contributed by atoms with van der Waals surface area (Å²) in [7, 11) is 3.20. The summed E-state index contributed by atoms with van der Waals surface area (Å²) in [5.74, 6) is 1.86. The van der Waals surface area contributed by atoms with Gasteiger partial charge in [-0.05, 0) is 48.0 Å². The molecule has 29 heavy (non-hydrogen) atoms. The summed E-state index contributed by atoms with van der Waals surface area (Å²) in [5.41, 5.74) is 1.42. The number of rotatable bonds is 7. The first-order valence-corrected chi connectivity index (χ1v) is 9.72. The average molecular weight is 406 g/mol. The van der Waals surface area contributed by atoms with Crippen LogP contribution in [-0.4, -0.2) is 39.6 Å². The van der Waals surface area contributed by atoms with Crippen molar-refractivity contribution in [1.82, 2.24) is 19.6 Å². The first kappa shape index (κ1) is 18.9. The van der Waals surface area contributed by atoms with E-state index in [-0.39, 0.29) is 5.78 Å². The number of thioether (sulfide) groups is 1. The van der Waals surface area contributed by atoms with Crippen LogP contribution in [0, 0.1) is 0 Å². The van der Waals surface area contributed by atoms with Gasteiger partial charge in [0, 0.05) is 18.0 Å². The van der Waals surface area contributed by atoms with E-state index in [9.17, 15) is 4.79 Å². The molecule has 2 heterocycles. The van der Waals surface area contributed by atoms with E-state index in [4.69, 9.17) is 9.47 Å². The number of Topliss-reactive ketones (excluding diaryl/α,β-unsaturated/α-hetero) is 1. The number of hydrogen-bond acceptors (Lipinski definition) is 7. The molecule has 2 aromatic heterocycles. The third-order valence-corrected chi connectivity index (χ3v) is 5.46. The monoisotopic (exact) mass is 406 g/mol. The fraction of sp³-hybridized carbons (Fsp3) is 0.143. The third-order valence-electron chi connectivity index (χ3n) is 4.35. The molecule has 0 saturated heterocycles. The summed E-state index contributed by atoms with van der Waals surface area (Å²) in [5, 5.41) is 4.38. The topological polar surface area (TPSA) is 78.6 Å². The number of nitrogens with zero attached hydrogens (tertiary/aromatic N) is 4. The molecule has 4 aromatic rings. The summed E-state index contributed by atoms with van der Waals surface area (Å²) in [6.07, 6.45) is 3.43. The molecule has 0 saturated carbocycles. The molecular weight excluding hydrogens is 388 g/mol. The van der Waals surface area contributed by atoms with E-state index in [2.05, 4.69) is 15.1 Å². The predicted octanol–water partition coefficient (Wildman–Crippen LogP) is 3.86. The van der Waals surface area contributed by atoms with E-state index in [0.29, 0.717) is 22.2 Å². The highest BCUT2D eigenvalue weighted by Crippen LogP contribution is 2.37. The molecule has 0 aliphatic heterocycles. The van der Waals surface area contributed by atoms with Crippen LogP contribution in [0.25, 0.3) is 5.78 Å². The molecule has 0 spiro atoms. The second-order valence-corrected chi connectivity index (χ2v) is 7.19. The normalized spacial score (nSPS) is 11.9. The van der Waals surface area contributed by atoms with E-state index in [1.165, 1.54) is 11.8 Å². The fourth-order valence-corrected chi connectivity index (χ4v) is 3.84. The predicted molar refractivity (Wildman–Crippen MR) is 110 cm³/mol. The molecule has 0 bridgehead atoms. The zero-order valence-electron chi connectivity index (χ0n) is 15.9. The lowest BCUT2D eigenvalue weighted by Crippen LogP contribution is -2.10. The van der Waals surface area contributed by atoms with Gasteiger partial charge in [-0.15, -0.1) is 5.10 Å². The van der Waals surface area contributed by atoms with Gasteiger partial charge < -0.3 is 9.47 Å². The molecule has 2 aromatic carbocycles. The van der Waals surface area contributed by atoms with Gasteiger partial charge in [0.25, 0.3) is 5.78 Å². The minimum Gasteiger partial charge on any atom is -0.497 e. The molecule has 0 amide bonds. The van der Waals surface area contributed by atoms with E-state index in [1.54, 1.807) is 61.5 Å². The number of methoxy groups -OCH3 is 2. The maximum Gasteiger partial charge on any atom is 0.253 e. The van der Waals surface area contributed by atoms with Crippen molar-refractivity contribution >= 4 is 23.3 Å². The Bertz CT molecular complexity index is 1090. The van der Waals surface area contributed by atoms with Gasteiger partial charge in [0.15, 0.2) is 5.78 Å². The van der Waals surface area contributed by atoms with Crippen molar-refractivity contribution < 1.29 is 14.3 Å². The Morgan fingerprint density at radius 1 is 1.00 bits per heavy atom. The quantitative estimate of drug-likeness (QED) is 0.341. The van der Waals surface area contributed by atoms with Gasteiger partial charge in [-0.3, -0.25) is 4.79 Å². The molecule has 0 radical (unpaired) electrons. The largest absolute Gasteiger partial charge is 0.497 e. The van der Waals surface area contributed by atoms with Crippen molar-refractivity contribution in [1.29, 1.82) is 0 Å².